The Morgan fingerprint density at radius 2 is 2.13 bits per heavy atom. The van der Waals surface area contributed by atoms with Crippen LogP contribution in [-0.2, 0) is 11.3 Å². The third kappa shape index (κ3) is 4.12. The maximum Gasteiger partial charge on any atom is 0.255 e. The number of carbonyl (C=O) groups is 2. The summed E-state index contributed by atoms with van der Waals surface area (Å²) in [6.45, 7) is 2.93. The van der Waals surface area contributed by atoms with Crippen LogP contribution in [0.1, 0.15) is 40.9 Å². The normalized spacial score (nSPS) is 17.1. The van der Waals surface area contributed by atoms with Crippen molar-refractivity contribution in [3.05, 3.63) is 59.4 Å². The summed E-state index contributed by atoms with van der Waals surface area (Å²) in [6, 6.07) is 11.3. The number of rotatable bonds is 5. The Balaban J connectivity index is 1.42. The van der Waals surface area contributed by atoms with Crippen LogP contribution in [0.15, 0.2) is 42.6 Å². The molecule has 3 heterocycles. The zero-order valence-corrected chi connectivity index (χ0v) is 17.2. The largest absolute Gasteiger partial charge is 0.497 e. The molecule has 1 N–H and O–H groups in total. The van der Waals surface area contributed by atoms with E-state index in [0.717, 1.165) is 11.3 Å². The minimum absolute atomic E-state index is 0.0669. The zero-order chi connectivity index (χ0) is 21.1. The van der Waals surface area contributed by atoms with Crippen LogP contribution < -0.4 is 10.1 Å². The first kappa shape index (κ1) is 19.9. The lowest BCUT2D eigenvalue weighted by Crippen LogP contribution is -2.36. The first-order valence-corrected chi connectivity index (χ1v) is 10.1. The van der Waals surface area contributed by atoms with Crippen LogP contribution in [0.2, 0.25) is 0 Å². The highest BCUT2D eigenvalue weighted by molar-refractivity contribution is 6.02. The second-order valence-electron chi connectivity index (χ2n) is 7.52. The number of likely N-dealkylation sites (tertiary alicyclic amines) is 1. The third-order valence-corrected chi connectivity index (χ3v) is 5.47. The van der Waals surface area contributed by atoms with Crippen molar-refractivity contribution in [1.29, 1.82) is 0 Å². The minimum Gasteiger partial charge on any atom is -0.497 e. The summed E-state index contributed by atoms with van der Waals surface area (Å²) in [6.07, 6.45) is 3.37. The Morgan fingerprint density at radius 3 is 2.97 bits per heavy atom. The number of amides is 2. The van der Waals surface area contributed by atoms with Gasteiger partial charge in [-0.1, -0.05) is 12.1 Å². The number of carbonyl (C=O) groups excluding carboxylic acids is 2. The SMILES string of the molecule is COc1cccc(CN2CCC(NC(=O)c3c(C)nn4ncccc34)CCC2=O)c1. The highest BCUT2D eigenvalue weighted by Crippen LogP contribution is 2.20. The van der Waals surface area contributed by atoms with Crippen LogP contribution in [0.5, 0.6) is 5.75 Å². The van der Waals surface area contributed by atoms with Gasteiger partial charge in [-0.25, -0.2) is 0 Å². The average molecular weight is 407 g/mol. The number of fused-ring (bicyclic) bond motifs is 1. The molecule has 0 aliphatic carbocycles. The summed E-state index contributed by atoms with van der Waals surface area (Å²) in [5.41, 5.74) is 2.87. The molecule has 3 aromatic rings. The molecule has 2 amide bonds. The standard InChI is InChI=1S/C22H25N5O3/c1-15-21(19-7-4-11-23-27(19)25-15)22(29)24-17-8-9-20(28)26(12-10-17)14-16-5-3-6-18(13-16)30-2/h3-7,11,13,17H,8-10,12,14H2,1-2H3,(H,24,29). The molecule has 2 aromatic heterocycles. The van der Waals surface area contributed by atoms with Gasteiger partial charge in [0.05, 0.1) is 18.4 Å². The highest BCUT2D eigenvalue weighted by atomic mass is 16.5. The quantitative estimate of drug-likeness (QED) is 0.701. The lowest BCUT2D eigenvalue weighted by atomic mass is 10.1. The summed E-state index contributed by atoms with van der Waals surface area (Å²) < 4.78 is 6.74. The van der Waals surface area contributed by atoms with Crippen LogP contribution in [0.3, 0.4) is 0 Å². The fraction of sp³-hybridized carbons (Fsp3) is 0.364. The van der Waals surface area contributed by atoms with E-state index in [2.05, 4.69) is 15.5 Å². The highest BCUT2D eigenvalue weighted by Gasteiger charge is 2.26. The number of hydrogen-bond donors (Lipinski definition) is 1. The number of ether oxygens (including phenoxy) is 1. The molecular weight excluding hydrogens is 382 g/mol. The summed E-state index contributed by atoms with van der Waals surface area (Å²) in [7, 11) is 1.63. The summed E-state index contributed by atoms with van der Waals surface area (Å²) in [4.78, 5) is 27.4. The molecule has 0 spiro atoms. The Hall–Kier alpha value is -3.42. The van der Waals surface area contributed by atoms with Gasteiger partial charge >= 0.3 is 0 Å². The second kappa shape index (κ2) is 8.52. The topological polar surface area (TPSA) is 88.8 Å². The van der Waals surface area contributed by atoms with Crippen LogP contribution in [0, 0.1) is 6.92 Å². The molecule has 0 bridgehead atoms. The van der Waals surface area contributed by atoms with Gasteiger partial charge in [0.15, 0.2) is 0 Å². The van der Waals surface area contributed by atoms with Gasteiger partial charge in [-0.15, -0.1) is 0 Å². The predicted molar refractivity (Wildman–Crippen MR) is 111 cm³/mol. The fourth-order valence-electron chi connectivity index (χ4n) is 3.88. The van der Waals surface area contributed by atoms with Gasteiger partial charge in [0.2, 0.25) is 5.91 Å². The fourth-order valence-corrected chi connectivity index (χ4v) is 3.88. The molecule has 1 aliphatic heterocycles. The van der Waals surface area contributed by atoms with E-state index >= 15 is 0 Å². The average Bonchev–Trinajstić information content (AvgIpc) is 3.00. The molecule has 8 heteroatoms. The number of nitrogens with one attached hydrogen (secondary N) is 1. The van der Waals surface area contributed by atoms with Crippen molar-refractivity contribution >= 4 is 17.3 Å². The van der Waals surface area contributed by atoms with Crippen molar-refractivity contribution < 1.29 is 14.3 Å². The zero-order valence-electron chi connectivity index (χ0n) is 17.2. The van der Waals surface area contributed by atoms with Crippen LogP contribution in [-0.4, -0.2) is 51.2 Å². The molecule has 1 atom stereocenters. The Kier molecular flexibility index (Phi) is 5.65. The minimum atomic E-state index is -0.172. The number of hydrogen-bond acceptors (Lipinski definition) is 5. The number of methoxy groups -OCH3 is 1. The van der Waals surface area contributed by atoms with Gasteiger partial charge in [-0.05, 0) is 49.6 Å². The Morgan fingerprint density at radius 1 is 1.27 bits per heavy atom. The first-order chi connectivity index (χ1) is 14.5. The predicted octanol–water partition coefficient (Wildman–Crippen LogP) is 2.36. The van der Waals surface area contributed by atoms with Crippen molar-refractivity contribution in [1.82, 2.24) is 25.0 Å². The van der Waals surface area contributed by atoms with E-state index < -0.39 is 0 Å². The van der Waals surface area contributed by atoms with E-state index in [-0.39, 0.29) is 17.9 Å². The molecule has 1 saturated heterocycles. The number of aryl methyl sites for hydroxylation is 1. The van der Waals surface area contributed by atoms with Gasteiger partial charge in [-0.3, -0.25) is 9.59 Å². The van der Waals surface area contributed by atoms with E-state index in [1.807, 2.05) is 35.2 Å². The number of aromatic nitrogens is 3. The molecule has 1 aromatic carbocycles. The smallest absolute Gasteiger partial charge is 0.255 e. The Bertz CT molecular complexity index is 1080. The maximum atomic E-state index is 12.9. The van der Waals surface area contributed by atoms with E-state index in [9.17, 15) is 9.59 Å². The van der Waals surface area contributed by atoms with Crippen LogP contribution >= 0.6 is 0 Å². The van der Waals surface area contributed by atoms with Crippen molar-refractivity contribution in [3.63, 3.8) is 0 Å². The molecule has 0 saturated carbocycles. The van der Waals surface area contributed by atoms with Gasteiger partial charge in [0.25, 0.3) is 5.91 Å². The van der Waals surface area contributed by atoms with Crippen molar-refractivity contribution in [2.45, 2.75) is 38.8 Å². The molecule has 30 heavy (non-hydrogen) atoms. The maximum absolute atomic E-state index is 12.9. The lowest BCUT2D eigenvalue weighted by Gasteiger charge is -2.21. The van der Waals surface area contributed by atoms with Gasteiger partial charge in [-0.2, -0.15) is 14.8 Å². The molecule has 1 fully saturated rings. The second-order valence-corrected chi connectivity index (χ2v) is 7.52. The van der Waals surface area contributed by atoms with Gasteiger partial charge in [0.1, 0.15) is 11.3 Å². The molecule has 1 aliphatic rings. The third-order valence-electron chi connectivity index (χ3n) is 5.47. The van der Waals surface area contributed by atoms with Crippen molar-refractivity contribution in [3.8, 4) is 5.75 Å². The van der Waals surface area contributed by atoms with E-state index in [0.29, 0.717) is 49.1 Å². The van der Waals surface area contributed by atoms with E-state index in [1.54, 1.807) is 26.3 Å². The first-order valence-electron chi connectivity index (χ1n) is 10.1. The van der Waals surface area contributed by atoms with Crippen LogP contribution in [0.25, 0.3) is 5.52 Å². The van der Waals surface area contributed by atoms with Crippen LogP contribution in [0.4, 0.5) is 0 Å². The molecular formula is C22H25N5O3. The summed E-state index contributed by atoms with van der Waals surface area (Å²) in [5, 5.41) is 11.5. The molecule has 4 rings (SSSR count). The molecule has 156 valence electrons. The van der Waals surface area contributed by atoms with E-state index in [1.165, 1.54) is 4.63 Å². The van der Waals surface area contributed by atoms with Gasteiger partial charge < -0.3 is 15.0 Å². The molecule has 8 nitrogen and oxygen atoms in total. The lowest BCUT2D eigenvalue weighted by molar-refractivity contribution is -0.131. The summed E-state index contributed by atoms with van der Waals surface area (Å²) >= 11 is 0. The van der Waals surface area contributed by atoms with Crippen molar-refractivity contribution in [2.24, 2.45) is 0 Å². The monoisotopic (exact) mass is 407 g/mol. The Labute approximate surface area is 174 Å². The van der Waals surface area contributed by atoms with E-state index in [4.69, 9.17) is 4.74 Å². The summed E-state index contributed by atoms with van der Waals surface area (Å²) in [5.74, 6) is 0.707. The number of benzene rings is 1. The number of nitrogens with zero attached hydrogens (tertiary/aromatic N) is 4. The molecule has 0 radical (unpaired) electrons. The van der Waals surface area contributed by atoms with Crippen molar-refractivity contribution in [2.75, 3.05) is 13.7 Å². The van der Waals surface area contributed by atoms with Gasteiger partial charge in [0, 0.05) is 31.7 Å². The molecule has 1 unspecified atom stereocenters.